The number of aryl methyl sites for hydroxylation is 1. The van der Waals surface area contributed by atoms with Gasteiger partial charge in [0.25, 0.3) is 0 Å². The minimum absolute atomic E-state index is 0.00911. The van der Waals surface area contributed by atoms with Crippen molar-refractivity contribution in [1.82, 2.24) is 14.9 Å². The van der Waals surface area contributed by atoms with Crippen molar-refractivity contribution in [3.05, 3.63) is 30.1 Å². The number of benzene rings is 1. The van der Waals surface area contributed by atoms with E-state index in [-0.39, 0.29) is 5.91 Å². The molecule has 0 saturated heterocycles. The van der Waals surface area contributed by atoms with E-state index in [1.54, 1.807) is 6.92 Å². The topological polar surface area (TPSA) is 46.9 Å². The summed E-state index contributed by atoms with van der Waals surface area (Å²) in [7, 11) is 0. The largest absolute Gasteiger partial charge is 0.356 e. The Bertz CT molecular complexity index is 586. The summed E-state index contributed by atoms with van der Waals surface area (Å²) >= 11 is 0. The minimum atomic E-state index is 0.00911. The van der Waals surface area contributed by atoms with Gasteiger partial charge in [0.1, 0.15) is 5.82 Å². The van der Waals surface area contributed by atoms with Crippen molar-refractivity contribution in [2.24, 2.45) is 5.92 Å². The molecular formula is C16H23N3O. The smallest absolute Gasteiger partial charge is 0.216 e. The summed E-state index contributed by atoms with van der Waals surface area (Å²) in [5.41, 5.74) is 2.22. The lowest BCUT2D eigenvalue weighted by Crippen LogP contribution is -2.23. The van der Waals surface area contributed by atoms with Crippen LogP contribution in [0.4, 0.5) is 0 Å². The molecule has 0 radical (unpaired) electrons. The first-order valence-electron chi connectivity index (χ1n) is 7.26. The maximum Gasteiger partial charge on any atom is 0.216 e. The first-order valence-corrected chi connectivity index (χ1v) is 7.26. The highest BCUT2D eigenvalue weighted by atomic mass is 16.1. The first-order chi connectivity index (χ1) is 9.58. The van der Waals surface area contributed by atoms with Crippen LogP contribution in [0.5, 0.6) is 0 Å². The van der Waals surface area contributed by atoms with E-state index in [0.717, 1.165) is 30.7 Å². The van der Waals surface area contributed by atoms with Crippen LogP contribution in [-0.2, 0) is 17.8 Å². The Balaban J connectivity index is 2.21. The number of para-hydroxylation sites is 2. The standard InChI is InChI=1S/C16H23N3O/c1-12(2)9-11-19-15-7-5-4-6-14(15)18-16(19)8-10-17-13(3)20/h4-7,12H,8-11H2,1-3H3,(H,17,20). The van der Waals surface area contributed by atoms with E-state index in [4.69, 9.17) is 4.98 Å². The Morgan fingerprint density at radius 1 is 1.35 bits per heavy atom. The highest BCUT2D eigenvalue weighted by Gasteiger charge is 2.10. The van der Waals surface area contributed by atoms with Crippen molar-refractivity contribution >= 4 is 16.9 Å². The fraction of sp³-hybridized carbons (Fsp3) is 0.500. The number of amides is 1. The average Bonchev–Trinajstić information content (AvgIpc) is 2.73. The predicted molar refractivity (Wildman–Crippen MR) is 81.6 cm³/mol. The molecule has 0 unspecified atom stereocenters. The number of hydrogen-bond donors (Lipinski definition) is 1. The third kappa shape index (κ3) is 3.59. The molecule has 108 valence electrons. The Labute approximate surface area is 120 Å². The van der Waals surface area contributed by atoms with E-state index >= 15 is 0 Å². The van der Waals surface area contributed by atoms with Gasteiger partial charge in [-0.05, 0) is 24.5 Å². The Morgan fingerprint density at radius 3 is 2.80 bits per heavy atom. The molecule has 1 amide bonds. The number of fused-ring (bicyclic) bond motifs is 1. The molecule has 0 spiro atoms. The van der Waals surface area contributed by atoms with Gasteiger partial charge in [-0.25, -0.2) is 4.98 Å². The van der Waals surface area contributed by atoms with E-state index in [0.29, 0.717) is 12.5 Å². The number of carbonyl (C=O) groups excluding carboxylic acids is 1. The minimum Gasteiger partial charge on any atom is -0.356 e. The van der Waals surface area contributed by atoms with Crippen molar-refractivity contribution in [1.29, 1.82) is 0 Å². The van der Waals surface area contributed by atoms with Crippen LogP contribution in [0.2, 0.25) is 0 Å². The predicted octanol–water partition coefficient (Wildman–Crippen LogP) is 2.76. The van der Waals surface area contributed by atoms with Crippen molar-refractivity contribution in [3.63, 3.8) is 0 Å². The van der Waals surface area contributed by atoms with Gasteiger partial charge in [0.2, 0.25) is 5.91 Å². The molecule has 0 fully saturated rings. The fourth-order valence-corrected chi connectivity index (χ4v) is 2.30. The second kappa shape index (κ2) is 6.55. The summed E-state index contributed by atoms with van der Waals surface area (Å²) in [6.07, 6.45) is 1.90. The van der Waals surface area contributed by atoms with E-state index in [1.807, 2.05) is 18.2 Å². The Kier molecular flexibility index (Phi) is 4.77. The lowest BCUT2D eigenvalue weighted by molar-refractivity contribution is -0.118. The Morgan fingerprint density at radius 2 is 2.10 bits per heavy atom. The lowest BCUT2D eigenvalue weighted by atomic mass is 10.1. The molecule has 20 heavy (non-hydrogen) atoms. The average molecular weight is 273 g/mol. The van der Waals surface area contributed by atoms with Gasteiger partial charge in [-0.15, -0.1) is 0 Å². The van der Waals surface area contributed by atoms with Gasteiger partial charge in [0.15, 0.2) is 0 Å². The number of rotatable bonds is 6. The van der Waals surface area contributed by atoms with Crippen LogP contribution in [0.15, 0.2) is 24.3 Å². The summed E-state index contributed by atoms with van der Waals surface area (Å²) < 4.78 is 2.29. The summed E-state index contributed by atoms with van der Waals surface area (Å²) in [5, 5.41) is 2.84. The monoisotopic (exact) mass is 273 g/mol. The molecule has 1 N–H and O–H groups in total. The van der Waals surface area contributed by atoms with Crippen LogP contribution in [0.3, 0.4) is 0 Å². The maximum absolute atomic E-state index is 11.0. The molecular weight excluding hydrogens is 250 g/mol. The molecule has 1 aromatic heterocycles. The van der Waals surface area contributed by atoms with E-state index in [2.05, 4.69) is 29.8 Å². The van der Waals surface area contributed by atoms with Crippen molar-refractivity contribution in [3.8, 4) is 0 Å². The molecule has 0 atom stereocenters. The maximum atomic E-state index is 11.0. The molecule has 0 bridgehead atoms. The molecule has 0 aliphatic carbocycles. The summed E-state index contributed by atoms with van der Waals surface area (Å²) in [5.74, 6) is 1.73. The second-order valence-corrected chi connectivity index (χ2v) is 5.58. The van der Waals surface area contributed by atoms with Crippen LogP contribution in [0, 0.1) is 5.92 Å². The Hall–Kier alpha value is -1.84. The number of nitrogens with one attached hydrogen (secondary N) is 1. The van der Waals surface area contributed by atoms with Gasteiger partial charge >= 0.3 is 0 Å². The van der Waals surface area contributed by atoms with Crippen LogP contribution >= 0.6 is 0 Å². The molecule has 0 saturated carbocycles. The summed E-state index contributed by atoms with van der Waals surface area (Å²) in [4.78, 5) is 15.7. The van der Waals surface area contributed by atoms with E-state index in [1.165, 1.54) is 5.52 Å². The van der Waals surface area contributed by atoms with Crippen molar-refractivity contribution < 1.29 is 4.79 Å². The molecule has 4 nitrogen and oxygen atoms in total. The van der Waals surface area contributed by atoms with Gasteiger partial charge in [0.05, 0.1) is 11.0 Å². The van der Waals surface area contributed by atoms with Gasteiger partial charge in [-0.2, -0.15) is 0 Å². The highest BCUT2D eigenvalue weighted by Crippen LogP contribution is 2.18. The normalized spacial score (nSPS) is 11.2. The molecule has 4 heteroatoms. The zero-order valence-electron chi connectivity index (χ0n) is 12.5. The summed E-state index contributed by atoms with van der Waals surface area (Å²) in [6, 6.07) is 8.22. The third-order valence-corrected chi connectivity index (χ3v) is 3.39. The number of aromatic nitrogens is 2. The molecule has 0 aliphatic rings. The highest BCUT2D eigenvalue weighted by molar-refractivity contribution is 5.76. The van der Waals surface area contributed by atoms with E-state index in [9.17, 15) is 4.79 Å². The number of nitrogens with zero attached hydrogens (tertiary/aromatic N) is 2. The van der Waals surface area contributed by atoms with E-state index < -0.39 is 0 Å². The zero-order chi connectivity index (χ0) is 14.5. The first kappa shape index (κ1) is 14.6. The third-order valence-electron chi connectivity index (χ3n) is 3.39. The van der Waals surface area contributed by atoms with Gasteiger partial charge in [-0.1, -0.05) is 26.0 Å². The fourth-order valence-electron chi connectivity index (χ4n) is 2.30. The zero-order valence-corrected chi connectivity index (χ0v) is 12.5. The van der Waals surface area contributed by atoms with Crippen LogP contribution in [-0.4, -0.2) is 22.0 Å². The van der Waals surface area contributed by atoms with Gasteiger partial charge in [0, 0.05) is 26.4 Å². The van der Waals surface area contributed by atoms with Gasteiger partial charge < -0.3 is 9.88 Å². The number of hydrogen-bond acceptors (Lipinski definition) is 2. The van der Waals surface area contributed by atoms with Crippen molar-refractivity contribution in [2.45, 2.75) is 40.2 Å². The lowest BCUT2D eigenvalue weighted by Gasteiger charge is -2.11. The SMILES string of the molecule is CC(=O)NCCc1nc2ccccc2n1CCC(C)C. The van der Waals surface area contributed by atoms with Crippen LogP contribution < -0.4 is 5.32 Å². The number of carbonyl (C=O) groups is 1. The quantitative estimate of drug-likeness (QED) is 0.879. The molecule has 1 aromatic carbocycles. The molecule has 1 heterocycles. The van der Waals surface area contributed by atoms with Gasteiger partial charge in [-0.3, -0.25) is 4.79 Å². The molecule has 2 rings (SSSR count). The summed E-state index contributed by atoms with van der Waals surface area (Å²) in [6.45, 7) is 7.63. The van der Waals surface area contributed by atoms with Crippen LogP contribution in [0.1, 0.15) is 33.0 Å². The second-order valence-electron chi connectivity index (χ2n) is 5.58. The molecule has 2 aromatic rings. The van der Waals surface area contributed by atoms with Crippen LogP contribution in [0.25, 0.3) is 11.0 Å². The molecule has 0 aliphatic heterocycles. The number of imidazole rings is 1. The van der Waals surface area contributed by atoms with Crippen molar-refractivity contribution in [2.75, 3.05) is 6.54 Å².